The molecule has 0 fully saturated rings. The molecule has 1 aliphatic rings. The van der Waals surface area contributed by atoms with Crippen LogP contribution in [0.5, 0.6) is 11.5 Å². The molecule has 0 spiro atoms. The van der Waals surface area contributed by atoms with Crippen molar-refractivity contribution < 1.29 is 13.9 Å². The molecule has 1 N–H and O–H groups in total. The normalized spacial score (nSPS) is 13.0. The van der Waals surface area contributed by atoms with Crippen LogP contribution < -0.4 is 20.7 Å². The molecule has 8 heteroatoms. The van der Waals surface area contributed by atoms with Crippen molar-refractivity contribution in [2.24, 2.45) is 0 Å². The number of nitrogens with zero attached hydrogens (tertiary/aromatic N) is 2. The van der Waals surface area contributed by atoms with E-state index in [1.165, 1.54) is 10.8 Å². The summed E-state index contributed by atoms with van der Waals surface area (Å²) >= 11 is 0. The maximum Gasteiger partial charge on any atom is 0.330 e. The fourth-order valence-electron chi connectivity index (χ4n) is 3.36. The predicted octanol–water partition coefficient (Wildman–Crippen LogP) is 2.16. The second kappa shape index (κ2) is 6.41. The topological polar surface area (TPSA) is 99.4 Å². The van der Waals surface area contributed by atoms with E-state index in [0.717, 1.165) is 5.56 Å². The Balaban J connectivity index is 1.67. The van der Waals surface area contributed by atoms with Gasteiger partial charge < -0.3 is 13.9 Å². The Hall–Kier alpha value is -3.81. The predicted molar refractivity (Wildman–Crippen MR) is 101 cm³/mol. The Morgan fingerprint density at radius 2 is 1.93 bits per heavy atom. The molecule has 0 atom stereocenters. The molecule has 1 aromatic carbocycles. The number of aromatic nitrogens is 3. The molecule has 0 radical (unpaired) electrons. The van der Waals surface area contributed by atoms with E-state index < -0.39 is 11.2 Å². The van der Waals surface area contributed by atoms with Crippen LogP contribution in [0, 0.1) is 0 Å². The molecule has 8 nitrogen and oxygen atoms in total. The molecule has 0 amide bonds. The van der Waals surface area contributed by atoms with Crippen LogP contribution in [0.15, 0.2) is 62.9 Å². The third-order valence-electron chi connectivity index (χ3n) is 4.61. The van der Waals surface area contributed by atoms with Crippen LogP contribution in [0.1, 0.15) is 5.56 Å². The van der Waals surface area contributed by atoms with E-state index in [2.05, 4.69) is 9.97 Å². The first-order chi connectivity index (χ1) is 13.7. The second-order valence-electron chi connectivity index (χ2n) is 6.36. The number of ether oxygens (including phenoxy) is 2. The number of fused-ring (bicyclic) bond motifs is 2. The lowest BCUT2D eigenvalue weighted by Gasteiger charge is -2.19. The Bertz CT molecular complexity index is 1290. The smallest absolute Gasteiger partial charge is 0.330 e. The highest BCUT2D eigenvalue weighted by atomic mass is 16.6. The van der Waals surface area contributed by atoms with Crippen LogP contribution in [0.4, 0.5) is 0 Å². The summed E-state index contributed by atoms with van der Waals surface area (Å²) < 4.78 is 18.0. The molecule has 28 heavy (non-hydrogen) atoms. The summed E-state index contributed by atoms with van der Waals surface area (Å²) in [5.74, 6) is 1.84. The largest absolute Gasteiger partial charge is 0.486 e. The summed E-state index contributed by atoms with van der Waals surface area (Å²) in [6.07, 6.45) is 3.08. The summed E-state index contributed by atoms with van der Waals surface area (Å²) in [6.45, 7) is 1.21. The average Bonchev–Trinajstić information content (AvgIpc) is 3.25. The molecule has 140 valence electrons. The van der Waals surface area contributed by atoms with Gasteiger partial charge in [0.05, 0.1) is 18.2 Å². The van der Waals surface area contributed by atoms with E-state index >= 15 is 0 Å². The highest BCUT2D eigenvalue weighted by Crippen LogP contribution is 2.31. The van der Waals surface area contributed by atoms with E-state index in [-0.39, 0.29) is 12.2 Å². The van der Waals surface area contributed by atoms with Gasteiger partial charge in [-0.3, -0.25) is 14.3 Å². The van der Waals surface area contributed by atoms with Gasteiger partial charge in [0, 0.05) is 11.8 Å². The molecule has 0 unspecified atom stereocenters. The summed E-state index contributed by atoms with van der Waals surface area (Å²) in [6, 6.07) is 10.7. The number of nitrogens with one attached hydrogen (secondary N) is 1. The summed E-state index contributed by atoms with van der Waals surface area (Å²) in [5.41, 5.74) is 0.657. The van der Waals surface area contributed by atoms with Gasteiger partial charge in [0.15, 0.2) is 17.1 Å². The molecule has 4 heterocycles. The van der Waals surface area contributed by atoms with Crippen molar-refractivity contribution in [2.75, 3.05) is 13.2 Å². The fraction of sp³-hybridized carbons (Fsp3) is 0.150. The maximum atomic E-state index is 12.5. The molecule has 0 aliphatic carbocycles. The van der Waals surface area contributed by atoms with E-state index in [9.17, 15) is 9.59 Å². The lowest BCUT2D eigenvalue weighted by molar-refractivity contribution is 0.171. The number of benzene rings is 1. The van der Waals surface area contributed by atoms with Crippen molar-refractivity contribution in [3.05, 3.63) is 75.3 Å². The quantitative estimate of drug-likeness (QED) is 0.587. The van der Waals surface area contributed by atoms with E-state index in [0.29, 0.717) is 41.4 Å². The molecule has 0 saturated carbocycles. The molecule has 4 aromatic rings. The Morgan fingerprint density at radius 3 is 2.75 bits per heavy atom. The minimum absolute atomic E-state index is 0.220. The van der Waals surface area contributed by atoms with E-state index in [1.807, 2.05) is 18.2 Å². The van der Waals surface area contributed by atoms with Crippen LogP contribution >= 0.6 is 0 Å². The molecule has 3 aromatic heterocycles. The van der Waals surface area contributed by atoms with Crippen LogP contribution in [-0.2, 0) is 6.54 Å². The molecule has 1 aliphatic heterocycles. The summed E-state index contributed by atoms with van der Waals surface area (Å²) in [7, 11) is 0. The number of hydrogen-bond donors (Lipinski definition) is 1. The second-order valence-corrected chi connectivity index (χ2v) is 6.36. The van der Waals surface area contributed by atoms with Crippen LogP contribution in [0.2, 0.25) is 0 Å². The van der Waals surface area contributed by atoms with Crippen molar-refractivity contribution in [2.45, 2.75) is 6.54 Å². The van der Waals surface area contributed by atoms with E-state index in [1.54, 1.807) is 24.4 Å². The molecular formula is C20H15N3O5. The summed E-state index contributed by atoms with van der Waals surface area (Å²) in [5, 5.41) is 0.301. The monoisotopic (exact) mass is 377 g/mol. The van der Waals surface area contributed by atoms with E-state index in [4.69, 9.17) is 13.9 Å². The molecule has 0 saturated heterocycles. The van der Waals surface area contributed by atoms with Crippen molar-refractivity contribution in [1.29, 1.82) is 0 Å². The third kappa shape index (κ3) is 2.66. The Kier molecular flexibility index (Phi) is 3.75. The fourth-order valence-corrected chi connectivity index (χ4v) is 3.36. The zero-order chi connectivity index (χ0) is 19.1. The lowest BCUT2D eigenvalue weighted by Crippen LogP contribution is -2.31. The van der Waals surface area contributed by atoms with Crippen LogP contribution in [-0.4, -0.2) is 27.7 Å². The van der Waals surface area contributed by atoms with Crippen molar-refractivity contribution in [1.82, 2.24) is 14.5 Å². The van der Waals surface area contributed by atoms with Gasteiger partial charge in [0.1, 0.15) is 19.0 Å². The number of pyridine rings is 1. The van der Waals surface area contributed by atoms with Gasteiger partial charge in [-0.25, -0.2) is 9.78 Å². The maximum absolute atomic E-state index is 12.5. The Labute approximate surface area is 158 Å². The standard InChI is InChI=1S/C20H15N3O5/c24-19-17-13(14-2-1-7-26-14)5-6-21-18(17)23(20(25)22-19)11-12-3-4-15-16(10-12)28-9-8-27-15/h1-7,10H,8-9,11H2,(H,22,24,25). The molecule has 0 bridgehead atoms. The minimum Gasteiger partial charge on any atom is -0.486 e. The van der Waals surface area contributed by atoms with Crippen molar-refractivity contribution >= 4 is 11.0 Å². The first-order valence-electron chi connectivity index (χ1n) is 8.75. The number of hydrogen-bond acceptors (Lipinski definition) is 6. The highest BCUT2D eigenvalue weighted by Gasteiger charge is 2.17. The van der Waals surface area contributed by atoms with Crippen LogP contribution in [0.3, 0.4) is 0 Å². The summed E-state index contributed by atoms with van der Waals surface area (Å²) in [4.78, 5) is 31.7. The van der Waals surface area contributed by atoms with Gasteiger partial charge in [0.2, 0.25) is 0 Å². The number of furan rings is 1. The van der Waals surface area contributed by atoms with Gasteiger partial charge >= 0.3 is 5.69 Å². The third-order valence-corrected chi connectivity index (χ3v) is 4.61. The van der Waals surface area contributed by atoms with Crippen molar-refractivity contribution in [3.8, 4) is 22.8 Å². The SMILES string of the molecule is O=c1[nH]c(=O)n(Cc2ccc3c(c2)OCCO3)c2nccc(-c3ccco3)c12. The molecular weight excluding hydrogens is 362 g/mol. The zero-order valence-electron chi connectivity index (χ0n) is 14.7. The van der Waals surface area contributed by atoms with Crippen LogP contribution in [0.25, 0.3) is 22.4 Å². The minimum atomic E-state index is -0.531. The van der Waals surface area contributed by atoms with Gasteiger partial charge in [-0.05, 0) is 35.9 Å². The lowest BCUT2D eigenvalue weighted by atomic mass is 10.1. The number of aromatic amines is 1. The van der Waals surface area contributed by atoms with Gasteiger partial charge in [-0.2, -0.15) is 0 Å². The highest BCUT2D eigenvalue weighted by molar-refractivity contribution is 5.90. The first kappa shape index (κ1) is 16.4. The number of H-pyrrole nitrogens is 1. The van der Waals surface area contributed by atoms with Gasteiger partial charge in [-0.1, -0.05) is 6.07 Å². The zero-order valence-corrected chi connectivity index (χ0v) is 14.7. The average molecular weight is 377 g/mol. The molecule has 5 rings (SSSR count). The number of rotatable bonds is 3. The first-order valence-corrected chi connectivity index (χ1v) is 8.75. The van der Waals surface area contributed by atoms with Gasteiger partial charge in [0.25, 0.3) is 5.56 Å². The van der Waals surface area contributed by atoms with Crippen molar-refractivity contribution in [3.63, 3.8) is 0 Å². The van der Waals surface area contributed by atoms with Gasteiger partial charge in [-0.15, -0.1) is 0 Å². The Morgan fingerprint density at radius 1 is 1.07 bits per heavy atom.